The summed E-state index contributed by atoms with van der Waals surface area (Å²) in [5.74, 6) is 1.06. The molecule has 0 fully saturated rings. The highest BCUT2D eigenvalue weighted by atomic mass is 79.9. The van der Waals surface area contributed by atoms with Crippen molar-refractivity contribution in [3.63, 3.8) is 0 Å². The van der Waals surface area contributed by atoms with Crippen LogP contribution in [0.3, 0.4) is 0 Å². The summed E-state index contributed by atoms with van der Waals surface area (Å²) in [5, 5.41) is 0. The predicted molar refractivity (Wildman–Crippen MR) is 84.8 cm³/mol. The Morgan fingerprint density at radius 1 is 1.26 bits per heavy atom. The fraction of sp³-hybridized carbons (Fsp3) is 0.375. The lowest BCUT2D eigenvalue weighted by molar-refractivity contribution is 0.288. The van der Waals surface area contributed by atoms with E-state index >= 15 is 0 Å². The smallest absolute Gasteiger partial charge is 0.122 e. The first-order valence-corrected chi connectivity index (χ1v) is 8.35. The van der Waals surface area contributed by atoms with E-state index in [2.05, 4.69) is 54.0 Å². The van der Waals surface area contributed by atoms with E-state index < -0.39 is 0 Å². The third-order valence-electron chi connectivity index (χ3n) is 3.66. The quantitative estimate of drug-likeness (QED) is 0.687. The molecule has 0 N–H and O–H groups in total. The fourth-order valence-corrected chi connectivity index (χ4v) is 4.17. The molecule has 1 atom stereocenters. The van der Waals surface area contributed by atoms with E-state index in [9.17, 15) is 0 Å². The van der Waals surface area contributed by atoms with Gasteiger partial charge in [0.05, 0.1) is 11.4 Å². The van der Waals surface area contributed by atoms with Crippen molar-refractivity contribution in [2.45, 2.75) is 31.5 Å². The third kappa shape index (κ3) is 2.59. The first kappa shape index (κ1) is 13.2. The maximum atomic E-state index is 5.67. The Hall–Kier alpha value is -0.800. The van der Waals surface area contributed by atoms with Crippen LogP contribution >= 0.6 is 27.3 Å². The van der Waals surface area contributed by atoms with Crippen molar-refractivity contribution in [3.05, 3.63) is 50.7 Å². The number of aryl methyl sites for hydroxylation is 3. The molecule has 0 aliphatic carbocycles. The van der Waals surface area contributed by atoms with Crippen molar-refractivity contribution in [2.75, 3.05) is 6.61 Å². The van der Waals surface area contributed by atoms with Crippen molar-refractivity contribution < 1.29 is 4.74 Å². The summed E-state index contributed by atoms with van der Waals surface area (Å²) in [4.78, 5) is 3.07. The number of alkyl halides is 1. The second-order valence-electron chi connectivity index (χ2n) is 5.07. The number of hydrogen-bond donors (Lipinski definition) is 0. The van der Waals surface area contributed by atoms with Gasteiger partial charge in [0.15, 0.2) is 0 Å². The summed E-state index contributed by atoms with van der Waals surface area (Å²) in [5.41, 5.74) is 4.05. The van der Waals surface area contributed by atoms with Crippen LogP contribution in [0.2, 0.25) is 0 Å². The average Bonchev–Trinajstić information content (AvgIpc) is 2.77. The van der Waals surface area contributed by atoms with Gasteiger partial charge >= 0.3 is 0 Å². The van der Waals surface area contributed by atoms with E-state index in [4.69, 9.17) is 4.74 Å². The second-order valence-corrected chi connectivity index (χ2v) is 7.27. The molecule has 1 unspecified atom stereocenters. The van der Waals surface area contributed by atoms with Crippen LogP contribution in [0.15, 0.2) is 24.3 Å². The summed E-state index contributed by atoms with van der Waals surface area (Å²) in [6.45, 7) is 5.22. The van der Waals surface area contributed by atoms with E-state index in [1.54, 1.807) is 0 Å². The van der Waals surface area contributed by atoms with E-state index in [1.165, 1.54) is 26.4 Å². The predicted octanol–water partition coefficient (Wildman–Crippen LogP) is 5.17. The van der Waals surface area contributed by atoms with Gasteiger partial charge in [-0.15, -0.1) is 11.3 Å². The summed E-state index contributed by atoms with van der Waals surface area (Å²) >= 11 is 5.72. The van der Waals surface area contributed by atoms with E-state index in [0.717, 1.165) is 25.2 Å². The Balaban J connectivity index is 1.93. The standard InChI is InChI=1S/C16H17BrOS/c1-10-8-15(19-11(10)2)16(17)13-5-6-14-12(9-13)4-3-7-18-14/h5-6,8-9,16H,3-4,7H2,1-2H3. The largest absolute Gasteiger partial charge is 0.493 e. The summed E-state index contributed by atoms with van der Waals surface area (Å²) in [7, 11) is 0. The highest BCUT2D eigenvalue weighted by molar-refractivity contribution is 9.09. The van der Waals surface area contributed by atoms with Gasteiger partial charge in [-0.05, 0) is 55.5 Å². The van der Waals surface area contributed by atoms with Crippen molar-refractivity contribution in [2.24, 2.45) is 0 Å². The lowest BCUT2D eigenvalue weighted by Crippen LogP contribution is -2.08. The molecule has 2 heterocycles. The lowest BCUT2D eigenvalue weighted by atomic mass is 10.0. The zero-order valence-corrected chi connectivity index (χ0v) is 13.6. The van der Waals surface area contributed by atoms with Gasteiger partial charge < -0.3 is 4.74 Å². The number of halogens is 1. The first-order chi connectivity index (χ1) is 9.15. The van der Waals surface area contributed by atoms with Gasteiger partial charge in [-0.1, -0.05) is 28.1 Å². The Morgan fingerprint density at radius 2 is 2.11 bits per heavy atom. The molecule has 19 heavy (non-hydrogen) atoms. The maximum absolute atomic E-state index is 5.67. The molecule has 1 aliphatic rings. The normalized spacial score (nSPS) is 15.7. The number of rotatable bonds is 2. The van der Waals surface area contributed by atoms with Gasteiger partial charge in [0.25, 0.3) is 0 Å². The summed E-state index contributed by atoms with van der Waals surface area (Å²) in [6, 6.07) is 8.87. The minimum atomic E-state index is 0.289. The minimum Gasteiger partial charge on any atom is -0.493 e. The molecule has 3 rings (SSSR count). The highest BCUT2D eigenvalue weighted by Crippen LogP contribution is 2.38. The molecule has 1 aromatic heterocycles. The van der Waals surface area contributed by atoms with Crippen LogP contribution < -0.4 is 4.74 Å². The molecular weight excluding hydrogens is 320 g/mol. The number of hydrogen-bond acceptors (Lipinski definition) is 2. The van der Waals surface area contributed by atoms with Gasteiger partial charge in [-0.3, -0.25) is 0 Å². The van der Waals surface area contributed by atoms with Crippen LogP contribution in [-0.4, -0.2) is 6.61 Å². The molecular formula is C16H17BrOS. The summed E-state index contributed by atoms with van der Waals surface area (Å²) in [6.07, 6.45) is 2.26. The van der Waals surface area contributed by atoms with Crippen LogP contribution in [0.25, 0.3) is 0 Å². The summed E-state index contributed by atoms with van der Waals surface area (Å²) < 4.78 is 5.67. The molecule has 100 valence electrons. The van der Waals surface area contributed by atoms with Crippen molar-refractivity contribution in [1.82, 2.24) is 0 Å². The van der Waals surface area contributed by atoms with Gasteiger partial charge in [-0.2, -0.15) is 0 Å². The van der Waals surface area contributed by atoms with Crippen molar-refractivity contribution in [1.29, 1.82) is 0 Å². The van der Waals surface area contributed by atoms with Crippen molar-refractivity contribution in [3.8, 4) is 5.75 Å². The Labute approximate surface area is 126 Å². The number of ether oxygens (including phenoxy) is 1. The SMILES string of the molecule is Cc1cc(C(Br)c2ccc3c(c2)CCCO3)sc1C. The topological polar surface area (TPSA) is 9.23 Å². The van der Waals surface area contributed by atoms with Crippen molar-refractivity contribution >= 4 is 27.3 Å². The van der Waals surface area contributed by atoms with Gasteiger partial charge in [0, 0.05) is 9.75 Å². The number of fused-ring (bicyclic) bond motifs is 1. The van der Waals surface area contributed by atoms with Gasteiger partial charge in [0.1, 0.15) is 5.75 Å². The van der Waals surface area contributed by atoms with E-state index in [0.29, 0.717) is 0 Å². The zero-order chi connectivity index (χ0) is 13.4. The fourth-order valence-electron chi connectivity index (χ4n) is 2.43. The zero-order valence-electron chi connectivity index (χ0n) is 11.2. The number of benzene rings is 1. The molecule has 0 amide bonds. The maximum Gasteiger partial charge on any atom is 0.122 e. The molecule has 2 aromatic rings. The molecule has 0 bridgehead atoms. The van der Waals surface area contributed by atoms with E-state index in [-0.39, 0.29) is 4.83 Å². The van der Waals surface area contributed by atoms with Crippen LogP contribution in [0.4, 0.5) is 0 Å². The molecule has 0 saturated carbocycles. The molecule has 1 aromatic carbocycles. The molecule has 1 aliphatic heterocycles. The molecule has 3 heteroatoms. The average molecular weight is 337 g/mol. The van der Waals surface area contributed by atoms with Gasteiger partial charge in [-0.25, -0.2) is 0 Å². The Bertz CT molecular complexity index is 583. The minimum absolute atomic E-state index is 0.289. The van der Waals surface area contributed by atoms with Crippen LogP contribution in [-0.2, 0) is 6.42 Å². The van der Waals surface area contributed by atoms with Gasteiger partial charge in [0.2, 0.25) is 0 Å². The van der Waals surface area contributed by atoms with Crippen LogP contribution in [0.1, 0.15) is 37.7 Å². The van der Waals surface area contributed by atoms with Crippen LogP contribution in [0.5, 0.6) is 5.75 Å². The number of thiophene rings is 1. The first-order valence-electron chi connectivity index (χ1n) is 6.62. The highest BCUT2D eigenvalue weighted by Gasteiger charge is 2.17. The lowest BCUT2D eigenvalue weighted by Gasteiger charge is -2.19. The molecule has 0 radical (unpaired) electrons. The Kier molecular flexibility index (Phi) is 3.68. The molecule has 1 nitrogen and oxygen atoms in total. The van der Waals surface area contributed by atoms with Crippen LogP contribution in [0, 0.1) is 13.8 Å². The third-order valence-corrected chi connectivity index (χ3v) is 6.20. The monoisotopic (exact) mass is 336 g/mol. The molecule has 0 spiro atoms. The Morgan fingerprint density at radius 3 is 2.84 bits per heavy atom. The molecule has 0 saturated heterocycles. The second kappa shape index (κ2) is 5.29. The van der Waals surface area contributed by atoms with E-state index in [1.807, 2.05) is 11.3 Å².